The summed E-state index contributed by atoms with van der Waals surface area (Å²) in [7, 11) is -3.33. The minimum atomic E-state index is -3.33. The van der Waals surface area contributed by atoms with Crippen molar-refractivity contribution in [1.82, 2.24) is 9.71 Å². The van der Waals surface area contributed by atoms with E-state index in [-0.39, 0.29) is 24.8 Å². The Morgan fingerprint density at radius 3 is 2.88 bits per heavy atom. The number of rotatable bonds is 6. The molecule has 6 heteroatoms. The lowest BCUT2D eigenvalue weighted by Crippen LogP contribution is -2.29. The van der Waals surface area contributed by atoms with Crippen LogP contribution in [0, 0.1) is 5.92 Å². The van der Waals surface area contributed by atoms with Crippen LogP contribution >= 0.6 is 0 Å². The summed E-state index contributed by atoms with van der Waals surface area (Å²) in [6, 6.07) is 3.55. The molecule has 1 unspecified atom stereocenters. The summed E-state index contributed by atoms with van der Waals surface area (Å²) in [4.78, 5) is 3.89. The molecular weight excluding hydrogens is 228 g/mol. The van der Waals surface area contributed by atoms with E-state index < -0.39 is 10.0 Å². The average Bonchev–Trinajstić information content (AvgIpc) is 2.27. The van der Waals surface area contributed by atoms with Crippen LogP contribution in [0.2, 0.25) is 0 Å². The lowest BCUT2D eigenvalue weighted by Gasteiger charge is -2.10. The Bertz CT molecular complexity index is 405. The van der Waals surface area contributed by atoms with Crippen LogP contribution in [0.25, 0.3) is 0 Å². The molecule has 0 spiro atoms. The molecule has 0 fully saturated rings. The second-order valence-electron chi connectivity index (χ2n) is 3.75. The molecule has 1 atom stereocenters. The van der Waals surface area contributed by atoms with E-state index >= 15 is 0 Å². The van der Waals surface area contributed by atoms with Gasteiger partial charge in [0, 0.05) is 25.5 Å². The number of nitrogens with zero attached hydrogens (tertiary/aromatic N) is 1. The van der Waals surface area contributed by atoms with E-state index in [9.17, 15) is 8.42 Å². The zero-order chi connectivity index (χ0) is 12.0. The zero-order valence-corrected chi connectivity index (χ0v) is 9.94. The molecule has 0 aromatic carbocycles. The van der Waals surface area contributed by atoms with Crippen LogP contribution in [-0.4, -0.2) is 30.9 Å². The van der Waals surface area contributed by atoms with Crippen LogP contribution in [-0.2, 0) is 16.6 Å². The normalized spacial score (nSPS) is 13.6. The first-order valence-electron chi connectivity index (χ1n) is 5.00. The van der Waals surface area contributed by atoms with Crippen molar-refractivity contribution in [2.24, 2.45) is 5.92 Å². The highest BCUT2D eigenvalue weighted by atomic mass is 32.2. The third-order valence-corrected chi connectivity index (χ3v) is 3.63. The number of aliphatic hydroxyl groups is 1. The summed E-state index contributed by atoms with van der Waals surface area (Å²) in [5.74, 6) is -0.324. The molecule has 1 rings (SSSR count). The highest BCUT2D eigenvalue weighted by Crippen LogP contribution is 2.01. The topological polar surface area (TPSA) is 79.3 Å². The first kappa shape index (κ1) is 13.1. The van der Waals surface area contributed by atoms with E-state index in [4.69, 9.17) is 5.11 Å². The largest absolute Gasteiger partial charge is 0.396 e. The van der Waals surface area contributed by atoms with Gasteiger partial charge in [-0.15, -0.1) is 0 Å². The molecular formula is C10H16N2O3S. The number of hydrogen-bond donors (Lipinski definition) is 2. The molecule has 2 N–H and O–H groups in total. The quantitative estimate of drug-likeness (QED) is 0.745. The number of aliphatic hydroxyl groups excluding tert-OH is 1. The molecule has 0 aliphatic heterocycles. The lowest BCUT2D eigenvalue weighted by molar-refractivity contribution is 0.249. The third kappa shape index (κ3) is 4.69. The molecule has 0 saturated carbocycles. The first-order valence-corrected chi connectivity index (χ1v) is 6.66. The second-order valence-corrected chi connectivity index (χ2v) is 5.60. The van der Waals surface area contributed by atoms with E-state index in [0.29, 0.717) is 0 Å². The third-order valence-electron chi connectivity index (χ3n) is 2.03. The number of pyridine rings is 1. The molecule has 1 aromatic rings. The van der Waals surface area contributed by atoms with Crippen LogP contribution in [0.5, 0.6) is 0 Å². The zero-order valence-electron chi connectivity index (χ0n) is 9.13. The van der Waals surface area contributed by atoms with E-state index in [1.54, 1.807) is 31.5 Å². The van der Waals surface area contributed by atoms with Crippen molar-refractivity contribution in [1.29, 1.82) is 0 Å². The fourth-order valence-electron chi connectivity index (χ4n) is 1.18. The summed E-state index contributed by atoms with van der Waals surface area (Å²) in [6.07, 6.45) is 3.24. The van der Waals surface area contributed by atoms with Crippen molar-refractivity contribution >= 4 is 10.0 Å². The number of hydrogen-bond acceptors (Lipinski definition) is 4. The molecule has 0 saturated heterocycles. The fourth-order valence-corrected chi connectivity index (χ4v) is 2.54. The van der Waals surface area contributed by atoms with Gasteiger partial charge in [-0.2, -0.15) is 0 Å². The predicted octanol–water partition coefficient (Wildman–Crippen LogP) is 0.129. The van der Waals surface area contributed by atoms with Gasteiger partial charge in [-0.1, -0.05) is 13.0 Å². The molecule has 5 nitrogen and oxygen atoms in total. The number of sulfonamides is 1. The van der Waals surface area contributed by atoms with Crippen LogP contribution in [0.3, 0.4) is 0 Å². The van der Waals surface area contributed by atoms with E-state index in [1.165, 1.54) is 0 Å². The molecule has 1 aromatic heterocycles. The van der Waals surface area contributed by atoms with Crippen molar-refractivity contribution in [3.05, 3.63) is 30.1 Å². The Morgan fingerprint density at radius 1 is 1.56 bits per heavy atom. The van der Waals surface area contributed by atoms with Gasteiger partial charge in [0.25, 0.3) is 0 Å². The maximum absolute atomic E-state index is 11.5. The van der Waals surface area contributed by atoms with E-state index in [1.807, 2.05) is 0 Å². The molecule has 0 aliphatic carbocycles. The Balaban J connectivity index is 2.49. The Hall–Kier alpha value is -0.980. The minimum Gasteiger partial charge on any atom is -0.396 e. The van der Waals surface area contributed by atoms with Crippen LogP contribution in [0.1, 0.15) is 12.5 Å². The van der Waals surface area contributed by atoms with Gasteiger partial charge in [-0.25, -0.2) is 13.1 Å². The molecule has 0 bridgehead atoms. The van der Waals surface area contributed by atoms with Crippen molar-refractivity contribution < 1.29 is 13.5 Å². The van der Waals surface area contributed by atoms with Gasteiger partial charge in [0.15, 0.2) is 0 Å². The van der Waals surface area contributed by atoms with E-state index in [0.717, 1.165) is 5.56 Å². The monoisotopic (exact) mass is 244 g/mol. The summed E-state index contributed by atoms with van der Waals surface area (Å²) in [5, 5.41) is 8.78. The van der Waals surface area contributed by atoms with Gasteiger partial charge in [0.2, 0.25) is 10.0 Å². The van der Waals surface area contributed by atoms with Gasteiger partial charge in [0.05, 0.1) is 5.75 Å². The van der Waals surface area contributed by atoms with E-state index in [2.05, 4.69) is 9.71 Å². The van der Waals surface area contributed by atoms with Crippen molar-refractivity contribution in [3.8, 4) is 0 Å². The summed E-state index contributed by atoms with van der Waals surface area (Å²) < 4.78 is 25.5. The molecule has 0 radical (unpaired) electrons. The second kappa shape index (κ2) is 5.93. The molecule has 1 heterocycles. The fraction of sp³-hybridized carbons (Fsp3) is 0.500. The maximum atomic E-state index is 11.5. The molecule has 0 amide bonds. The minimum absolute atomic E-state index is 0.0657. The maximum Gasteiger partial charge on any atom is 0.212 e. The van der Waals surface area contributed by atoms with Crippen molar-refractivity contribution in [2.75, 3.05) is 12.4 Å². The van der Waals surface area contributed by atoms with Crippen molar-refractivity contribution in [3.63, 3.8) is 0 Å². The number of nitrogens with one attached hydrogen (secondary N) is 1. The summed E-state index contributed by atoms with van der Waals surface area (Å²) in [6.45, 7) is 1.78. The standard InChI is InChI=1S/C10H16N2O3S/c1-9(7-13)8-16(14,15)12-6-10-3-2-4-11-5-10/h2-5,9,12-13H,6-8H2,1H3. The summed E-state index contributed by atoms with van der Waals surface area (Å²) in [5.41, 5.74) is 0.808. The smallest absolute Gasteiger partial charge is 0.212 e. The Labute approximate surface area is 95.6 Å². The SMILES string of the molecule is CC(CO)CS(=O)(=O)NCc1cccnc1. The predicted molar refractivity (Wildman–Crippen MR) is 61.1 cm³/mol. The Morgan fingerprint density at radius 2 is 2.31 bits per heavy atom. The van der Waals surface area contributed by atoms with Crippen LogP contribution < -0.4 is 4.72 Å². The van der Waals surface area contributed by atoms with Crippen LogP contribution in [0.4, 0.5) is 0 Å². The highest BCUT2D eigenvalue weighted by molar-refractivity contribution is 7.89. The lowest BCUT2D eigenvalue weighted by atomic mass is 10.2. The first-order chi connectivity index (χ1) is 7.53. The molecule has 16 heavy (non-hydrogen) atoms. The summed E-state index contributed by atoms with van der Waals surface area (Å²) >= 11 is 0. The van der Waals surface area contributed by atoms with Gasteiger partial charge in [-0.05, 0) is 17.5 Å². The molecule has 90 valence electrons. The van der Waals surface area contributed by atoms with Crippen molar-refractivity contribution in [2.45, 2.75) is 13.5 Å². The number of aromatic nitrogens is 1. The average molecular weight is 244 g/mol. The van der Waals surface area contributed by atoms with Gasteiger partial charge in [-0.3, -0.25) is 4.98 Å². The molecule has 0 aliphatic rings. The van der Waals surface area contributed by atoms with Gasteiger partial charge < -0.3 is 5.11 Å². The highest BCUT2D eigenvalue weighted by Gasteiger charge is 2.14. The van der Waals surface area contributed by atoms with Crippen LogP contribution in [0.15, 0.2) is 24.5 Å². The Kier molecular flexibility index (Phi) is 4.85. The van der Waals surface area contributed by atoms with Gasteiger partial charge >= 0.3 is 0 Å². The van der Waals surface area contributed by atoms with Gasteiger partial charge in [0.1, 0.15) is 0 Å².